The molecular weight excluding hydrogens is 341 g/mol. The number of nitrogens with one attached hydrogen (secondary N) is 1. The molecule has 4 nitrogen and oxygen atoms in total. The molecule has 0 atom stereocenters. The van der Waals surface area contributed by atoms with E-state index in [0.717, 1.165) is 17.9 Å². The normalized spacial score (nSPS) is 10.5. The van der Waals surface area contributed by atoms with Gasteiger partial charge in [-0.3, -0.25) is 4.79 Å². The molecule has 0 aliphatic rings. The van der Waals surface area contributed by atoms with E-state index in [2.05, 4.69) is 47.2 Å². The first-order valence-corrected chi connectivity index (χ1v) is 8.89. The lowest BCUT2D eigenvalue weighted by atomic mass is 10.1. The van der Waals surface area contributed by atoms with Crippen molar-refractivity contribution in [3.05, 3.63) is 83.8 Å². The third-order valence-electron chi connectivity index (χ3n) is 4.21. The van der Waals surface area contributed by atoms with E-state index in [1.165, 1.54) is 17.7 Å². The van der Waals surface area contributed by atoms with Crippen LogP contribution in [0.1, 0.15) is 18.1 Å². The molecule has 5 heteroatoms. The maximum absolute atomic E-state index is 13.2. The molecule has 0 spiro atoms. The van der Waals surface area contributed by atoms with E-state index in [9.17, 15) is 9.18 Å². The summed E-state index contributed by atoms with van der Waals surface area (Å²) in [5.41, 5.74) is 3.87. The molecule has 0 unspecified atom stereocenters. The molecule has 1 aromatic heterocycles. The van der Waals surface area contributed by atoms with Crippen LogP contribution in [-0.4, -0.2) is 17.4 Å². The van der Waals surface area contributed by atoms with Gasteiger partial charge in [-0.1, -0.05) is 24.3 Å². The Morgan fingerprint density at radius 1 is 1.07 bits per heavy atom. The van der Waals surface area contributed by atoms with Gasteiger partial charge >= 0.3 is 0 Å². The molecule has 1 heterocycles. The van der Waals surface area contributed by atoms with E-state index in [1.807, 2.05) is 12.1 Å². The van der Waals surface area contributed by atoms with E-state index >= 15 is 0 Å². The Labute approximate surface area is 158 Å². The minimum absolute atomic E-state index is 0.103. The van der Waals surface area contributed by atoms with Gasteiger partial charge in [0, 0.05) is 12.2 Å². The first kappa shape index (κ1) is 18.6. The van der Waals surface area contributed by atoms with Crippen LogP contribution in [0.3, 0.4) is 0 Å². The smallest absolute Gasteiger partial charge is 0.229 e. The Kier molecular flexibility index (Phi) is 5.81. The number of hydrogen-bond donors (Lipinski definition) is 1. The molecule has 3 rings (SSSR count). The molecule has 0 radical (unpaired) electrons. The van der Waals surface area contributed by atoms with Crippen molar-refractivity contribution in [2.75, 3.05) is 16.8 Å². The zero-order chi connectivity index (χ0) is 19.2. The number of carbonyl (C=O) groups is 1. The molecule has 0 aliphatic carbocycles. The van der Waals surface area contributed by atoms with Gasteiger partial charge < -0.3 is 10.2 Å². The molecule has 138 valence electrons. The molecule has 0 fully saturated rings. The average Bonchev–Trinajstić information content (AvgIpc) is 2.64. The molecular formula is C22H22FN3O. The molecule has 0 saturated carbocycles. The summed E-state index contributed by atoms with van der Waals surface area (Å²) in [6, 6.07) is 18.0. The van der Waals surface area contributed by atoms with E-state index in [1.54, 1.807) is 24.4 Å². The zero-order valence-corrected chi connectivity index (χ0v) is 15.4. The molecule has 3 aromatic rings. The molecule has 1 N–H and O–H groups in total. The number of anilines is 3. The fourth-order valence-corrected chi connectivity index (χ4v) is 2.95. The second kappa shape index (κ2) is 8.45. The standard InChI is InChI=1S/C22H22FN3O/c1-3-26(19-9-4-6-16(2)12-19)20-10-11-21(24-15-20)25-22(27)14-17-7-5-8-18(23)13-17/h4-13,15H,3,14H2,1-2H3,(H,24,25,27). The number of benzene rings is 2. The summed E-state index contributed by atoms with van der Waals surface area (Å²) in [7, 11) is 0. The molecule has 0 bridgehead atoms. The van der Waals surface area contributed by atoms with Crippen molar-refractivity contribution in [3.8, 4) is 0 Å². The maximum atomic E-state index is 13.2. The Hall–Kier alpha value is -3.21. The van der Waals surface area contributed by atoms with Gasteiger partial charge in [0.25, 0.3) is 0 Å². The minimum atomic E-state index is -0.349. The van der Waals surface area contributed by atoms with Crippen molar-refractivity contribution in [2.45, 2.75) is 20.3 Å². The topological polar surface area (TPSA) is 45.2 Å². The largest absolute Gasteiger partial charge is 0.341 e. The minimum Gasteiger partial charge on any atom is -0.341 e. The van der Waals surface area contributed by atoms with Crippen molar-refractivity contribution in [1.29, 1.82) is 0 Å². The lowest BCUT2D eigenvalue weighted by Crippen LogP contribution is -2.18. The average molecular weight is 363 g/mol. The highest BCUT2D eigenvalue weighted by molar-refractivity contribution is 5.91. The summed E-state index contributed by atoms with van der Waals surface area (Å²) in [5, 5.41) is 2.75. The Morgan fingerprint density at radius 3 is 2.56 bits per heavy atom. The lowest BCUT2D eigenvalue weighted by Gasteiger charge is -2.23. The number of hydrogen-bond acceptors (Lipinski definition) is 3. The van der Waals surface area contributed by atoms with Crippen LogP contribution in [0.5, 0.6) is 0 Å². The first-order valence-electron chi connectivity index (χ1n) is 8.89. The van der Waals surface area contributed by atoms with Crippen LogP contribution >= 0.6 is 0 Å². The predicted octanol–water partition coefficient (Wildman–Crippen LogP) is 4.87. The predicted molar refractivity (Wildman–Crippen MR) is 107 cm³/mol. The van der Waals surface area contributed by atoms with Gasteiger partial charge in [0.2, 0.25) is 5.91 Å². The highest BCUT2D eigenvalue weighted by Gasteiger charge is 2.10. The van der Waals surface area contributed by atoms with Gasteiger partial charge in [-0.2, -0.15) is 0 Å². The zero-order valence-electron chi connectivity index (χ0n) is 15.4. The SMILES string of the molecule is CCN(c1ccc(NC(=O)Cc2cccc(F)c2)nc1)c1cccc(C)c1. The number of nitrogens with zero attached hydrogens (tertiary/aromatic N) is 2. The first-order chi connectivity index (χ1) is 13.0. The molecule has 0 saturated heterocycles. The third kappa shape index (κ3) is 4.91. The van der Waals surface area contributed by atoms with Gasteiger partial charge in [0.05, 0.1) is 18.3 Å². The van der Waals surface area contributed by atoms with Gasteiger partial charge in [0.15, 0.2) is 0 Å². The number of amides is 1. The third-order valence-corrected chi connectivity index (χ3v) is 4.21. The lowest BCUT2D eigenvalue weighted by molar-refractivity contribution is -0.115. The summed E-state index contributed by atoms with van der Waals surface area (Å²) >= 11 is 0. The van der Waals surface area contributed by atoms with Crippen molar-refractivity contribution in [3.63, 3.8) is 0 Å². The van der Waals surface area contributed by atoms with Crippen molar-refractivity contribution in [2.24, 2.45) is 0 Å². The quantitative estimate of drug-likeness (QED) is 0.680. The van der Waals surface area contributed by atoms with Crippen LogP contribution in [0.25, 0.3) is 0 Å². The van der Waals surface area contributed by atoms with Crippen molar-refractivity contribution >= 4 is 23.1 Å². The van der Waals surface area contributed by atoms with Gasteiger partial charge in [-0.15, -0.1) is 0 Å². The Morgan fingerprint density at radius 2 is 1.89 bits per heavy atom. The van der Waals surface area contributed by atoms with E-state index in [-0.39, 0.29) is 18.1 Å². The Balaban J connectivity index is 1.68. The fourth-order valence-electron chi connectivity index (χ4n) is 2.95. The molecule has 1 amide bonds. The molecule has 0 aliphatic heterocycles. The number of rotatable bonds is 6. The van der Waals surface area contributed by atoms with Crippen LogP contribution in [-0.2, 0) is 11.2 Å². The number of aryl methyl sites for hydroxylation is 1. The van der Waals surface area contributed by atoms with Crippen LogP contribution in [0, 0.1) is 12.7 Å². The number of pyridine rings is 1. The number of aromatic nitrogens is 1. The maximum Gasteiger partial charge on any atom is 0.229 e. The second-order valence-electron chi connectivity index (χ2n) is 6.34. The summed E-state index contributed by atoms with van der Waals surface area (Å²) in [6.45, 7) is 4.94. The monoisotopic (exact) mass is 363 g/mol. The highest BCUT2D eigenvalue weighted by Crippen LogP contribution is 2.25. The van der Waals surface area contributed by atoms with E-state index in [0.29, 0.717) is 11.4 Å². The number of carbonyl (C=O) groups excluding carboxylic acids is 1. The van der Waals surface area contributed by atoms with Crippen LogP contribution in [0.2, 0.25) is 0 Å². The summed E-state index contributed by atoms with van der Waals surface area (Å²) in [6.07, 6.45) is 1.84. The van der Waals surface area contributed by atoms with E-state index in [4.69, 9.17) is 0 Å². The van der Waals surface area contributed by atoms with Crippen LogP contribution in [0.15, 0.2) is 66.9 Å². The van der Waals surface area contributed by atoms with Gasteiger partial charge in [0.1, 0.15) is 11.6 Å². The molecule has 27 heavy (non-hydrogen) atoms. The van der Waals surface area contributed by atoms with Crippen LogP contribution < -0.4 is 10.2 Å². The summed E-state index contributed by atoms with van der Waals surface area (Å²) in [5.74, 6) is -0.106. The second-order valence-corrected chi connectivity index (χ2v) is 6.34. The van der Waals surface area contributed by atoms with Crippen molar-refractivity contribution in [1.82, 2.24) is 4.98 Å². The van der Waals surface area contributed by atoms with Gasteiger partial charge in [-0.05, 0) is 61.4 Å². The summed E-state index contributed by atoms with van der Waals surface area (Å²) < 4.78 is 13.2. The Bertz CT molecular complexity index is 925. The highest BCUT2D eigenvalue weighted by atomic mass is 19.1. The van der Waals surface area contributed by atoms with Crippen LogP contribution in [0.4, 0.5) is 21.6 Å². The van der Waals surface area contributed by atoms with E-state index < -0.39 is 0 Å². The van der Waals surface area contributed by atoms with Crippen molar-refractivity contribution < 1.29 is 9.18 Å². The molecule has 2 aromatic carbocycles. The number of halogens is 1. The fraction of sp³-hybridized carbons (Fsp3) is 0.182. The van der Waals surface area contributed by atoms with Gasteiger partial charge in [-0.25, -0.2) is 9.37 Å². The summed E-state index contributed by atoms with van der Waals surface area (Å²) in [4.78, 5) is 18.6.